The van der Waals surface area contributed by atoms with Gasteiger partial charge in [0, 0.05) is 26.2 Å². The van der Waals surface area contributed by atoms with Gasteiger partial charge >= 0.3 is 0 Å². The minimum Gasteiger partial charge on any atom is -0.338 e. The van der Waals surface area contributed by atoms with E-state index in [1.165, 1.54) is 11.3 Å². The van der Waals surface area contributed by atoms with Crippen molar-refractivity contribution in [2.75, 3.05) is 26.2 Å². The highest BCUT2D eigenvalue weighted by Gasteiger charge is 2.34. The van der Waals surface area contributed by atoms with Gasteiger partial charge in [0.15, 0.2) is 0 Å². The van der Waals surface area contributed by atoms with Crippen LogP contribution in [0.2, 0.25) is 0 Å². The van der Waals surface area contributed by atoms with Crippen molar-refractivity contribution in [1.82, 2.24) is 9.80 Å². The van der Waals surface area contributed by atoms with Crippen LogP contribution in [-0.2, 0) is 4.79 Å². The van der Waals surface area contributed by atoms with Crippen LogP contribution in [0.1, 0.15) is 36.4 Å². The summed E-state index contributed by atoms with van der Waals surface area (Å²) in [5.41, 5.74) is 5.31. The lowest BCUT2D eigenvalue weighted by Crippen LogP contribution is -2.58. The fraction of sp³-hybridized carbons (Fsp3) is 0.600. The highest BCUT2D eigenvalue weighted by atomic mass is 35.5. The molecule has 2 amide bonds. The first kappa shape index (κ1) is 18.9. The average Bonchev–Trinajstić information content (AvgIpc) is 3.00. The number of carbonyl (C=O) groups excluding carboxylic acids is 2. The van der Waals surface area contributed by atoms with Crippen LogP contribution in [-0.4, -0.2) is 53.3 Å². The molecular weight excluding hydrogens is 322 g/mol. The maximum absolute atomic E-state index is 12.4. The number of carbonyl (C=O) groups is 2. The molecule has 1 aliphatic heterocycles. The van der Waals surface area contributed by atoms with Crippen LogP contribution in [0.15, 0.2) is 17.5 Å². The van der Waals surface area contributed by atoms with Gasteiger partial charge in [-0.05, 0) is 24.8 Å². The van der Waals surface area contributed by atoms with E-state index >= 15 is 0 Å². The summed E-state index contributed by atoms with van der Waals surface area (Å²) in [6.45, 7) is 6.09. The summed E-state index contributed by atoms with van der Waals surface area (Å²) in [6, 6.07) is 3.71. The summed E-state index contributed by atoms with van der Waals surface area (Å²) in [6.07, 6.45) is 1.57. The molecule has 1 unspecified atom stereocenters. The van der Waals surface area contributed by atoms with Gasteiger partial charge in [0.2, 0.25) is 5.91 Å². The number of hydrogen-bond donors (Lipinski definition) is 1. The zero-order chi connectivity index (χ0) is 15.5. The Morgan fingerprint density at radius 3 is 2.36 bits per heavy atom. The Hall–Kier alpha value is -1.11. The van der Waals surface area contributed by atoms with Crippen LogP contribution in [0.4, 0.5) is 0 Å². The molecule has 1 aromatic heterocycles. The van der Waals surface area contributed by atoms with Gasteiger partial charge in [-0.2, -0.15) is 0 Å². The first-order valence-corrected chi connectivity index (χ1v) is 8.24. The standard InChI is InChI=1S/C15H23N3O2S.ClH/c1-3-6-15(2,16)14(20)18-9-7-17(8-10-18)13(19)12-5-4-11-21-12;/h4-5,11H,3,6-10,16H2,1-2H3;1H. The molecule has 2 rings (SSSR count). The van der Waals surface area contributed by atoms with E-state index in [0.29, 0.717) is 32.6 Å². The van der Waals surface area contributed by atoms with E-state index in [1.54, 1.807) is 11.8 Å². The summed E-state index contributed by atoms with van der Waals surface area (Å²) in [7, 11) is 0. The number of nitrogens with two attached hydrogens (primary N) is 1. The first-order valence-electron chi connectivity index (χ1n) is 7.36. The van der Waals surface area contributed by atoms with Gasteiger partial charge in [-0.3, -0.25) is 9.59 Å². The molecule has 22 heavy (non-hydrogen) atoms. The number of nitrogens with zero attached hydrogens (tertiary/aromatic N) is 2. The quantitative estimate of drug-likeness (QED) is 0.907. The van der Waals surface area contributed by atoms with Gasteiger partial charge < -0.3 is 15.5 Å². The van der Waals surface area contributed by atoms with Crippen molar-refractivity contribution in [3.05, 3.63) is 22.4 Å². The molecular formula is C15H24ClN3O2S. The zero-order valence-electron chi connectivity index (χ0n) is 13.1. The fourth-order valence-electron chi connectivity index (χ4n) is 2.66. The molecule has 0 aliphatic carbocycles. The number of hydrogen-bond acceptors (Lipinski definition) is 4. The number of halogens is 1. The van der Waals surface area contributed by atoms with Crippen molar-refractivity contribution in [2.24, 2.45) is 5.73 Å². The molecule has 1 fully saturated rings. The SMILES string of the molecule is CCCC(C)(N)C(=O)N1CCN(C(=O)c2cccs2)CC1.Cl. The third-order valence-corrected chi connectivity index (χ3v) is 4.70. The minimum atomic E-state index is -0.797. The monoisotopic (exact) mass is 345 g/mol. The predicted octanol–water partition coefficient (Wildman–Crippen LogP) is 1.97. The van der Waals surface area contributed by atoms with Gasteiger partial charge in [-0.15, -0.1) is 23.7 Å². The average molecular weight is 346 g/mol. The van der Waals surface area contributed by atoms with Crippen LogP contribution in [0.3, 0.4) is 0 Å². The molecule has 0 saturated carbocycles. The number of rotatable bonds is 4. The Balaban J connectivity index is 0.00000242. The van der Waals surface area contributed by atoms with Crippen molar-refractivity contribution in [1.29, 1.82) is 0 Å². The van der Waals surface area contributed by atoms with E-state index in [2.05, 4.69) is 0 Å². The molecule has 1 aromatic rings. The van der Waals surface area contributed by atoms with Crippen LogP contribution >= 0.6 is 23.7 Å². The molecule has 124 valence electrons. The molecule has 2 N–H and O–H groups in total. The van der Waals surface area contributed by atoms with E-state index in [0.717, 1.165) is 11.3 Å². The molecule has 1 saturated heterocycles. The summed E-state index contributed by atoms with van der Waals surface area (Å²) in [5, 5.41) is 1.90. The predicted molar refractivity (Wildman–Crippen MR) is 91.6 cm³/mol. The molecule has 1 aliphatic rings. The van der Waals surface area contributed by atoms with Crippen molar-refractivity contribution in [3.8, 4) is 0 Å². The maximum atomic E-state index is 12.4. The van der Waals surface area contributed by atoms with Crippen LogP contribution in [0.25, 0.3) is 0 Å². The van der Waals surface area contributed by atoms with Gasteiger partial charge in [-0.25, -0.2) is 0 Å². The lowest BCUT2D eigenvalue weighted by Gasteiger charge is -2.38. The van der Waals surface area contributed by atoms with E-state index in [-0.39, 0.29) is 24.2 Å². The molecule has 5 nitrogen and oxygen atoms in total. The largest absolute Gasteiger partial charge is 0.338 e. The van der Waals surface area contributed by atoms with Crippen LogP contribution in [0.5, 0.6) is 0 Å². The van der Waals surface area contributed by atoms with Gasteiger partial charge in [0.25, 0.3) is 5.91 Å². The minimum absolute atomic E-state index is 0. The Morgan fingerprint density at radius 2 is 1.86 bits per heavy atom. The lowest BCUT2D eigenvalue weighted by molar-refractivity contribution is -0.138. The van der Waals surface area contributed by atoms with Gasteiger partial charge in [-0.1, -0.05) is 19.4 Å². The topological polar surface area (TPSA) is 66.6 Å². The van der Waals surface area contributed by atoms with E-state index in [9.17, 15) is 9.59 Å². The molecule has 0 radical (unpaired) electrons. The third kappa shape index (κ3) is 4.21. The van der Waals surface area contributed by atoms with Crippen molar-refractivity contribution in [2.45, 2.75) is 32.2 Å². The Labute approximate surface area is 141 Å². The fourth-order valence-corrected chi connectivity index (χ4v) is 3.35. The molecule has 0 spiro atoms. The van der Waals surface area contributed by atoms with E-state index < -0.39 is 5.54 Å². The normalized spacial score (nSPS) is 17.6. The Kier molecular flexibility index (Phi) is 6.84. The number of piperazine rings is 1. The second-order valence-corrected chi connectivity index (χ2v) is 6.68. The highest BCUT2D eigenvalue weighted by molar-refractivity contribution is 7.12. The maximum Gasteiger partial charge on any atom is 0.264 e. The molecule has 2 heterocycles. The Morgan fingerprint density at radius 1 is 1.27 bits per heavy atom. The summed E-state index contributed by atoms with van der Waals surface area (Å²) >= 11 is 1.45. The second kappa shape index (κ2) is 7.94. The zero-order valence-corrected chi connectivity index (χ0v) is 14.7. The molecule has 0 aromatic carbocycles. The lowest BCUT2D eigenvalue weighted by atomic mass is 9.95. The molecule has 7 heteroatoms. The second-order valence-electron chi connectivity index (χ2n) is 5.73. The highest BCUT2D eigenvalue weighted by Crippen LogP contribution is 2.17. The van der Waals surface area contributed by atoms with Crippen molar-refractivity contribution < 1.29 is 9.59 Å². The van der Waals surface area contributed by atoms with Gasteiger partial charge in [0.05, 0.1) is 10.4 Å². The van der Waals surface area contributed by atoms with Gasteiger partial charge in [0.1, 0.15) is 0 Å². The molecule has 0 bridgehead atoms. The number of amides is 2. The summed E-state index contributed by atoms with van der Waals surface area (Å²) in [5.74, 6) is 0.0498. The smallest absolute Gasteiger partial charge is 0.264 e. The number of thiophene rings is 1. The van der Waals surface area contributed by atoms with E-state index in [4.69, 9.17) is 5.73 Å². The van der Waals surface area contributed by atoms with Crippen LogP contribution < -0.4 is 5.73 Å². The Bertz CT molecular complexity index is 497. The summed E-state index contributed by atoms with van der Waals surface area (Å²) in [4.78, 5) is 29.0. The summed E-state index contributed by atoms with van der Waals surface area (Å²) < 4.78 is 0. The van der Waals surface area contributed by atoms with Crippen molar-refractivity contribution >= 4 is 35.6 Å². The first-order chi connectivity index (χ1) is 9.95. The third-order valence-electron chi connectivity index (χ3n) is 3.84. The van der Waals surface area contributed by atoms with E-state index in [1.807, 2.05) is 29.3 Å². The van der Waals surface area contributed by atoms with Crippen molar-refractivity contribution in [3.63, 3.8) is 0 Å². The molecule has 1 atom stereocenters. The van der Waals surface area contributed by atoms with Crippen LogP contribution in [0, 0.1) is 0 Å².